The summed E-state index contributed by atoms with van der Waals surface area (Å²) in [6.45, 7) is 2.49. The van der Waals surface area contributed by atoms with Crippen molar-refractivity contribution in [3.8, 4) is 0 Å². The molecule has 0 saturated carbocycles. The summed E-state index contributed by atoms with van der Waals surface area (Å²) in [6, 6.07) is 3.26. The van der Waals surface area contributed by atoms with E-state index in [1.54, 1.807) is 0 Å². The maximum Gasteiger partial charge on any atom is 0.321 e. The van der Waals surface area contributed by atoms with E-state index < -0.39 is 22.0 Å². The second-order valence-corrected chi connectivity index (χ2v) is 9.10. The number of aliphatic carboxylic acids is 1. The van der Waals surface area contributed by atoms with Gasteiger partial charge in [0.25, 0.3) is 0 Å². The Labute approximate surface area is 162 Å². The van der Waals surface area contributed by atoms with Gasteiger partial charge in [-0.15, -0.1) is 0 Å². The molecule has 0 spiro atoms. The Balaban J connectivity index is 1.62. The summed E-state index contributed by atoms with van der Waals surface area (Å²) in [5.74, 6) is -0.185. The summed E-state index contributed by atoms with van der Waals surface area (Å²) in [4.78, 5) is 15.9. The zero-order valence-corrected chi connectivity index (χ0v) is 16.9. The topological polar surface area (TPSA) is 108 Å². The van der Waals surface area contributed by atoms with E-state index in [0.29, 0.717) is 12.8 Å². The zero-order chi connectivity index (χ0) is 19.7. The molecule has 152 valence electrons. The summed E-state index contributed by atoms with van der Waals surface area (Å²) >= 11 is 0. The number of unbranched alkanes of at least 4 members (excludes halogenated alkanes) is 4. The van der Waals surface area contributed by atoms with E-state index in [0.717, 1.165) is 63.0 Å². The summed E-state index contributed by atoms with van der Waals surface area (Å²) in [6.07, 6.45) is 8.26. The molecule has 1 aliphatic heterocycles. The third kappa shape index (κ3) is 7.46. The van der Waals surface area contributed by atoms with Crippen LogP contribution in [0.2, 0.25) is 0 Å². The lowest BCUT2D eigenvalue weighted by molar-refractivity contribution is -0.139. The maximum absolute atomic E-state index is 11.5. The Kier molecular flexibility index (Phi) is 8.50. The van der Waals surface area contributed by atoms with Gasteiger partial charge in [0, 0.05) is 12.2 Å². The SMILES string of the molecule is CCS(=O)(=O)N[C@@H](CCCCCCCc1ccc2c(n1)NCCC2)C(=O)O. The number of rotatable bonds is 12. The molecule has 0 saturated heterocycles. The fourth-order valence-electron chi connectivity index (χ4n) is 3.23. The molecule has 1 aromatic rings. The van der Waals surface area contributed by atoms with E-state index in [4.69, 9.17) is 10.1 Å². The van der Waals surface area contributed by atoms with Gasteiger partial charge in [0.05, 0.1) is 5.75 Å². The fourth-order valence-corrected chi connectivity index (χ4v) is 4.04. The van der Waals surface area contributed by atoms with Crippen molar-refractivity contribution in [3.05, 3.63) is 23.4 Å². The van der Waals surface area contributed by atoms with Crippen LogP contribution in [0.3, 0.4) is 0 Å². The smallest absolute Gasteiger partial charge is 0.321 e. The molecule has 0 radical (unpaired) electrons. The van der Waals surface area contributed by atoms with Crippen LogP contribution in [0.4, 0.5) is 5.82 Å². The van der Waals surface area contributed by atoms with Crippen LogP contribution >= 0.6 is 0 Å². The van der Waals surface area contributed by atoms with Crippen LogP contribution < -0.4 is 10.0 Å². The molecular formula is C19H31N3O4S. The van der Waals surface area contributed by atoms with Gasteiger partial charge in [-0.3, -0.25) is 4.79 Å². The van der Waals surface area contributed by atoms with Crippen LogP contribution in [-0.4, -0.2) is 42.8 Å². The molecule has 0 fully saturated rings. The van der Waals surface area contributed by atoms with Gasteiger partial charge < -0.3 is 10.4 Å². The zero-order valence-electron chi connectivity index (χ0n) is 16.0. The van der Waals surface area contributed by atoms with Crippen molar-refractivity contribution < 1.29 is 18.3 Å². The first-order chi connectivity index (χ1) is 12.9. The van der Waals surface area contributed by atoms with E-state index in [9.17, 15) is 13.2 Å². The molecule has 1 aliphatic rings. The molecular weight excluding hydrogens is 366 g/mol. The first-order valence-corrected chi connectivity index (χ1v) is 11.5. The van der Waals surface area contributed by atoms with Crippen molar-refractivity contribution in [3.63, 3.8) is 0 Å². The number of hydrogen-bond donors (Lipinski definition) is 3. The van der Waals surface area contributed by atoms with Crippen molar-refractivity contribution >= 4 is 21.8 Å². The number of pyridine rings is 1. The molecule has 0 aliphatic carbocycles. The minimum absolute atomic E-state index is 0.108. The predicted octanol–water partition coefficient (Wildman–Crippen LogP) is 2.72. The van der Waals surface area contributed by atoms with Crippen LogP contribution in [-0.2, 0) is 27.7 Å². The van der Waals surface area contributed by atoms with E-state index in [1.165, 1.54) is 12.5 Å². The number of aryl methyl sites for hydroxylation is 2. The molecule has 27 heavy (non-hydrogen) atoms. The average molecular weight is 398 g/mol. The summed E-state index contributed by atoms with van der Waals surface area (Å²) in [5.41, 5.74) is 2.42. The van der Waals surface area contributed by atoms with Crippen LogP contribution in [0, 0.1) is 0 Å². The van der Waals surface area contributed by atoms with Crippen molar-refractivity contribution in [2.24, 2.45) is 0 Å². The third-order valence-corrected chi connectivity index (χ3v) is 6.28. The number of hydrogen-bond acceptors (Lipinski definition) is 5. The van der Waals surface area contributed by atoms with Gasteiger partial charge in [0.2, 0.25) is 10.0 Å². The first kappa shape index (κ1) is 21.6. The summed E-state index contributed by atoms with van der Waals surface area (Å²) < 4.78 is 25.3. The molecule has 0 bridgehead atoms. The Morgan fingerprint density at radius 3 is 2.74 bits per heavy atom. The third-order valence-electron chi connectivity index (χ3n) is 4.88. The highest BCUT2D eigenvalue weighted by atomic mass is 32.2. The van der Waals surface area contributed by atoms with E-state index in [1.807, 2.05) is 0 Å². The number of nitrogens with one attached hydrogen (secondary N) is 2. The Bertz CT molecular complexity index is 722. The number of sulfonamides is 1. The van der Waals surface area contributed by atoms with Crippen molar-refractivity contribution in [2.45, 2.75) is 70.8 Å². The Morgan fingerprint density at radius 1 is 1.26 bits per heavy atom. The van der Waals surface area contributed by atoms with Crippen LogP contribution in [0.1, 0.15) is 63.1 Å². The van der Waals surface area contributed by atoms with Crippen LogP contribution in [0.5, 0.6) is 0 Å². The number of aromatic nitrogens is 1. The van der Waals surface area contributed by atoms with Gasteiger partial charge in [0.1, 0.15) is 11.9 Å². The fraction of sp³-hybridized carbons (Fsp3) is 0.684. The average Bonchev–Trinajstić information content (AvgIpc) is 2.66. The lowest BCUT2D eigenvalue weighted by Gasteiger charge is -2.17. The standard InChI is InChI=1S/C19H31N3O4S/c1-2-27(25,26)22-17(19(23)24)11-7-5-3-4-6-10-16-13-12-15-9-8-14-20-18(15)21-16/h12-13,17,22H,2-11,14H2,1H3,(H,20,21)(H,23,24)/t17-/m0/s1. The van der Waals surface area contributed by atoms with Crippen molar-refractivity contribution in [2.75, 3.05) is 17.6 Å². The second-order valence-electron chi connectivity index (χ2n) is 7.06. The van der Waals surface area contributed by atoms with Gasteiger partial charge in [-0.25, -0.2) is 18.1 Å². The quantitative estimate of drug-likeness (QED) is 0.468. The monoisotopic (exact) mass is 397 g/mol. The summed E-state index contributed by atoms with van der Waals surface area (Å²) in [5, 5.41) is 12.5. The number of carboxylic acid groups (broad SMARTS) is 1. The molecule has 8 heteroatoms. The lowest BCUT2D eigenvalue weighted by Crippen LogP contribution is -2.41. The van der Waals surface area contributed by atoms with Crippen molar-refractivity contribution in [1.82, 2.24) is 9.71 Å². The minimum atomic E-state index is -3.50. The number of anilines is 1. The van der Waals surface area contributed by atoms with Crippen LogP contribution in [0.25, 0.3) is 0 Å². The maximum atomic E-state index is 11.5. The number of nitrogens with zero attached hydrogens (tertiary/aromatic N) is 1. The Morgan fingerprint density at radius 2 is 2.00 bits per heavy atom. The largest absolute Gasteiger partial charge is 0.480 e. The molecule has 3 N–H and O–H groups in total. The number of fused-ring (bicyclic) bond motifs is 1. The number of carboxylic acids is 1. The highest BCUT2D eigenvalue weighted by Gasteiger charge is 2.22. The normalized spacial score (nSPS) is 15.0. The minimum Gasteiger partial charge on any atom is -0.480 e. The molecule has 1 atom stereocenters. The molecule has 1 aromatic heterocycles. The molecule has 0 unspecified atom stereocenters. The first-order valence-electron chi connectivity index (χ1n) is 9.87. The number of carbonyl (C=O) groups is 1. The molecule has 7 nitrogen and oxygen atoms in total. The van der Waals surface area contributed by atoms with Gasteiger partial charge in [-0.05, 0) is 50.7 Å². The molecule has 2 rings (SSSR count). The van der Waals surface area contributed by atoms with E-state index in [2.05, 4.69) is 22.2 Å². The van der Waals surface area contributed by atoms with Crippen molar-refractivity contribution in [1.29, 1.82) is 0 Å². The van der Waals surface area contributed by atoms with Gasteiger partial charge >= 0.3 is 5.97 Å². The van der Waals surface area contributed by atoms with Gasteiger partial charge in [0.15, 0.2) is 0 Å². The highest BCUT2D eigenvalue weighted by Crippen LogP contribution is 2.20. The van der Waals surface area contributed by atoms with E-state index in [-0.39, 0.29) is 5.75 Å². The molecule has 0 amide bonds. The molecule has 0 aromatic carbocycles. The van der Waals surface area contributed by atoms with E-state index >= 15 is 0 Å². The lowest BCUT2D eigenvalue weighted by atomic mass is 10.0. The second kappa shape index (κ2) is 10.6. The van der Waals surface area contributed by atoms with Gasteiger partial charge in [-0.1, -0.05) is 31.7 Å². The summed E-state index contributed by atoms with van der Waals surface area (Å²) in [7, 11) is -3.50. The van der Waals surface area contributed by atoms with Gasteiger partial charge in [-0.2, -0.15) is 0 Å². The molecule has 2 heterocycles. The van der Waals surface area contributed by atoms with Crippen LogP contribution in [0.15, 0.2) is 12.1 Å². The highest BCUT2D eigenvalue weighted by molar-refractivity contribution is 7.89. The Hall–Kier alpha value is -1.67. The predicted molar refractivity (Wildman–Crippen MR) is 106 cm³/mol.